The first-order chi connectivity index (χ1) is 11.8. The second kappa shape index (κ2) is 7.19. The second-order valence-corrected chi connectivity index (χ2v) is 4.94. The van der Waals surface area contributed by atoms with Gasteiger partial charge in [0.15, 0.2) is 0 Å². The van der Waals surface area contributed by atoms with E-state index in [0.717, 1.165) is 16.6 Å². The molecule has 3 aromatic heterocycles. The summed E-state index contributed by atoms with van der Waals surface area (Å²) < 4.78 is 0. The molecule has 0 radical (unpaired) electrons. The van der Waals surface area contributed by atoms with Crippen molar-refractivity contribution in [3.63, 3.8) is 0 Å². The van der Waals surface area contributed by atoms with Gasteiger partial charge in [-0.2, -0.15) is 0 Å². The van der Waals surface area contributed by atoms with Gasteiger partial charge in [-0.25, -0.2) is 9.97 Å². The summed E-state index contributed by atoms with van der Waals surface area (Å²) in [6.07, 6.45) is 11.6. The summed E-state index contributed by atoms with van der Waals surface area (Å²) in [6.45, 7) is 3.67. The predicted octanol–water partition coefficient (Wildman–Crippen LogP) is 2.45. The Kier molecular flexibility index (Phi) is 4.62. The lowest BCUT2D eigenvalue weighted by Gasteiger charge is -2.13. The third kappa shape index (κ3) is 3.46. The molecule has 2 N–H and O–H groups in total. The van der Waals surface area contributed by atoms with Gasteiger partial charge in [-0.15, -0.1) is 0 Å². The third-order valence-corrected chi connectivity index (χ3v) is 3.40. The van der Waals surface area contributed by atoms with E-state index in [4.69, 9.17) is 0 Å². The average Bonchev–Trinajstić information content (AvgIpc) is 3.09. The highest BCUT2D eigenvalue weighted by atomic mass is 16.2. The molecule has 0 saturated heterocycles. The molecule has 0 spiro atoms. The fraction of sp³-hybridized carbons (Fsp3) is 0.0588. The first kappa shape index (κ1) is 15.4. The molecule has 3 rings (SSSR count). The zero-order chi connectivity index (χ0) is 16.8. The molecule has 0 aliphatic rings. The van der Waals surface area contributed by atoms with Crippen LogP contribution in [0.4, 0.5) is 5.82 Å². The summed E-state index contributed by atoms with van der Waals surface area (Å²) in [5, 5.41) is 3.92. The number of carbonyl (C=O) groups excluding carboxylic acids is 1. The minimum atomic E-state index is -0.0938. The largest absolute Gasteiger partial charge is 0.346 e. The van der Waals surface area contributed by atoms with Gasteiger partial charge in [-0.1, -0.05) is 6.58 Å². The van der Waals surface area contributed by atoms with Crippen LogP contribution in [0.5, 0.6) is 0 Å². The molecular weight excluding hydrogens is 304 g/mol. The van der Waals surface area contributed by atoms with Gasteiger partial charge in [0.2, 0.25) is 5.91 Å². The van der Waals surface area contributed by atoms with Gasteiger partial charge in [-0.3, -0.25) is 14.7 Å². The summed E-state index contributed by atoms with van der Waals surface area (Å²) in [5.74, 6) is 0.562. The number of nitrogens with one attached hydrogen (secondary N) is 2. The van der Waals surface area contributed by atoms with Crippen molar-refractivity contribution in [1.82, 2.24) is 24.8 Å². The number of fused-ring (bicyclic) bond motifs is 1. The summed E-state index contributed by atoms with van der Waals surface area (Å²) in [4.78, 5) is 29.0. The van der Waals surface area contributed by atoms with Crippen LogP contribution in [0.1, 0.15) is 5.56 Å². The number of aromatic amines is 1. The summed E-state index contributed by atoms with van der Waals surface area (Å²) >= 11 is 0. The zero-order valence-electron chi connectivity index (χ0n) is 12.9. The van der Waals surface area contributed by atoms with E-state index in [9.17, 15) is 4.79 Å². The Morgan fingerprint density at radius 2 is 2.12 bits per heavy atom. The smallest absolute Gasteiger partial charge is 0.235 e. The highest BCUT2D eigenvalue weighted by Gasteiger charge is 2.08. The van der Waals surface area contributed by atoms with Gasteiger partial charge in [0.25, 0.3) is 0 Å². The molecule has 0 atom stereocenters. The maximum absolute atomic E-state index is 12.3. The van der Waals surface area contributed by atoms with Crippen LogP contribution in [0.3, 0.4) is 0 Å². The Hall–Kier alpha value is -3.48. The number of pyridine rings is 1. The van der Waals surface area contributed by atoms with Gasteiger partial charge in [0.1, 0.15) is 17.8 Å². The van der Waals surface area contributed by atoms with Gasteiger partial charge in [0.05, 0.1) is 11.8 Å². The Balaban J connectivity index is 1.66. The SMILES string of the molecule is C=CN(/C=C/Nc1ncnc2[nH]ccc12)C(=O)Cc1ccncc1. The summed E-state index contributed by atoms with van der Waals surface area (Å²) in [6, 6.07) is 5.50. The zero-order valence-corrected chi connectivity index (χ0v) is 12.9. The highest BCUT2D eigenvalue weighted by molar-refractivity contribution is 5.87. The van der Waals surface area contributed by atoms with Gasteiger partial charge < -0.3 is 10.3 Å². The van der Waals surface area contributed by atoms with Crippen LogP contribution < -0.4 is 5.32 Å². The molecule has 0 aromatic carbocycles. The molecule has 0 fully saturated rings. The number of hydrogen-bond donors (Lipinski definition) is 2. The van der Waals surface area contributed by atoms with Crippen LogP contribution >= 0.6 is 0 Å². The standard InChI is InChI=1S/C17H16N6O/c1-2-23(15(24)11-13-3-6-18-7-4-13)10-9-20-17-14-5-8-19-16(14)21-12-22-17/h2-10,12H,1,11H2,(H2,19,20,21,22)/b10-9+. The van der Waals surface area contributed by atoms with E-state index in [2.05, 4.69) is 31.8 Å². The molecule has 1 amide bonds. The number of carbonyl (C=O) groups is 1. The quantitative estimate of drug-likeness (QED) is 0.728. The highest BCUT2D eigenvalue weighted by Crippen LogP contribution is 2.17. The van der Waals surface area contributed by atoms with Gasteiger partial charge >= 0.3 is 0 Å². The van der Waals surface area contributed by atoms with E-state index in [1.165, 1.54) is 17.4 Å². The molecule has 3 heterocycles. The molecule has 7 nitrogen and oxygen atoms in total. The van der Waals surface area contributed by atoms with E-state index in [1.54, 1.807) is 31.0 Å². The molecule has 3 aromatic rings. The van der Waals surface area contributed by atoms with E-state index in [-0.39, 0.29) is 12.3 Å². The maximum atomic E-state index is 12.3. The van der Waals surface area contributed by atoms with Crippen molar-refractivity contribution >= 4 is 22.8 Å². The number of nitrogens with zero attached hydrogens (tertiary/aromatic N) is 4. The predicted molar refractivity (Wildman–Crippen MR) is 91.6 cm³/mol. The average molecular weight is 320 g/mol. The van der Waals surface area contributed by atoms with Crippen molar-refractivity contribution in [1.29, 1.82) is 0 Å². The van der Waals surface area contributed by atoms with Crippen LogP contribution in [-0.2, 0) is 11.2 Å². The number of rotatable bonds is 6. The molecule has 120 valence electrons. The first-order valence-corrected chi connectivity index (χ1v) is 7.32. The minimum absolute atomic E-state index is 0.0938. The lowest BCUT2D eigenvalue weighted by molar-refractivity contribution is -0.125. The van der Waals surface area contributed by atoms with Crippen molar-refractivity contribution in [3.05, 3.63) is 73.9 Å². The van der Waals surface area contributed by atoms with Gasteiger partial charge in [0, 0.05) is 37.2 Å². The lowest BCUT2D eigenvalue weighted by atomic mass is 10.2. The number of anilines is 1. The molecule has 0 bridgehead atoms. The van der Waals surface area contributed by atoms with Crippen molar-refractivity contribution in [3.8, 4) is 0 Å². The summed E-state index contributed by atoms with van der Waals surface area (Å²) in [5.41, 5.74) is 1.64. The van der Waals surface area contributed by atoms with Crippen molar-refractivity contribution in [2.24, 2.45) is 0 Å². The second-order valence-electron chi connectivity index (χ2n) is 4.94. The molecule has 24 heavy (non-hydrogen) atoms. The van der Waals surface area contributed by atoms with Crippen molar-refractivity contribution < 1.29 is 4.79 Å². The molecule has 0 saturated carbocycles. The number of amides is 1. The fourth-order valence-corrected chi connectivity index (χ4v) is 2.20. The maximum Gasteiger partial charge on any atom is 0.235 e. The van der Waals surface area contributed by atoms with Crippen LogP contribution in [0.25, 0.3) is 11.0 Å². The molecule has 0 unspecified atom stereocenters. The van der Waals surface area contributed by atoms with Crippen LogP contribution in [0.2, 0.25) is 0 Å². The normalized spacial score (nSPS) is 10.8. The fourth-order valence-electron chi connectivity index (χ4n) is 2.20. The Labute approximate surface area is 138 Å². The minimum Gasteiger partial charge on any atom is -0.346 e. The van der Waals surface area contributed by atoms with Crippen LogP contribution in [0, 0.1) is 0 Å². The van der Waals surface area contributed by atoms with E-state index in [1.807, 2.05) is 18.2 Å². The van der Waals surface area contributed by atoms with E-state index in [0.29, 0.717) is 5.82 Å². The Morgan fingerprint density at radius 1 is 1.29 bits per heavy atom. The topological polar surface area (TPSA) is 86.8 Å². The Morgan fingerprint density at radius 3 is 2.92 bits per heavy atom. The number of H-pyrrole nitrogens is 1. The lowest BCUT2D eigenvalue weighted by Crippen LogP contribution is -2.22. The first-order valence-electron chi connectivity index (χ1n) is 7.32. The molecule has 7 heteroatoms. The molecule has 0 aliphatic carbocycles. The third-order valence-electron chi connectivity index (χ3n) is 3.40. The van der Waals surface area contributed by atoms with E-state index < -0.39 is 0 Å². The molecular formula is C17H16N6O. The van der Waals surface area contributed by atoms with Crippen molar-refractivity contribution in [2.75, 3.05) is 5.32 Å². The molecule has 0 aliphatic heterocycles. The van der Waals surface area contributed by atoms with E-state index >= 15 is 0 Å². The monoisotopic (exact) mass is 320 g/mol. The van der Waals surface area contributed by atoms with Crippen LogP contribution in [0.15, 0.2) is 68.3 Å². The number of hydrogen-bond acceptors (Lipinski definition) is 5. The van der Waals surface area contributed by atoms with Crippen molar-refractivity contribution in [2.45, 2.75) is 6.42 Å². The van der Waals surface area contributed by atoms with Gasteiger partial charge in [-0.05, 0) is 23.8 Å². The Bertz CT molecular complexity index is 871. The van der Waals surface area contributed by atoms with Crippen LogP contribution in [-0.4, -0.2) is 30.7 Å². The number of aromatic nitrogens is 4. The summed E-state index contributed by atoms with van der Waals surface area (Å²) in [7, 11) is 0.